The molecular formula is C16H16N2O5S2. The monoisotopic (exact) mass is 380 g/mol. The molecule has 1 N–H and O–H groups in total. The van der Waals surface area contributed by atoms with Gasteiger partial charge in [0, 0.05) is 12.1 Å². The van der Waals surface area contributed by atoms with E-state index in [0.717, 1.165) is 23.1 Å². The van der Waals surface area contributed by atoms with Gasteiger partial charge < -0.3 is 5.11 Å². The number of aliphatic carboxylic acids is 1. The third-order valence-electron chi connectivity index (χ3n) is 3.65. The van der Waals surface area contributed by atoms with Crippen molar-refractivity contribution in [2.24, 2.45) is 0 Å². The largest absolute Gasteiger partial charge is 0.480 e. The normalized spacial score (nSPS) is 17.2. The number of nitrogens with zero attached hydrogens (tertiary/aromatic N) is 2. The summed E-state index contributed by atoms with van der Waals surface area (Å²) in [5.74, 6) is -1.53. The summed E-state index contributed by atoms with van der Waals surface area (Å²) in [6, 6.07) is 4.75. The minimum atomic E-state index is -1.08. The molecule has 0 aliphatic carbocycles. The quantitative estimate of drug-likeness (QED) is 0.335. The zero-order valence-electron chi connectivity index (χ0n) is 13.4. The Bertz CT molecular complexity index is 745. The van der Waals surface area contributed by atoms with E-state index in [9.17, 15) is 24.8 Å². The Balaban J connectivity index is 2.24. The van der Waals surface area contributed by atoms with Crippen molar-refractivity contribution in [1.29, 1.82) is 0 Å². The van der Waals surface area contributed by atoms with Gasteiger partial charge >= 0.3 is 5.97 Å². The third kappa shape index (κ3) is 4.43. The number of benzene rings is 1. The number of nitro benzene ring substituents is 1. The molecule has 1 aliphatic rings. The van der Waals surface area contributed by atoms with Gasteiger partial charge in [-0.05, 0) is 30.2 Å². The molecule has 0 bridgehead atoms. The number of carboxylic acids is 1. The molecule has 25 heavy (non-hydrogen) atoms. The molecule has 1 amide bonds. The van der Waals surface area contributed by atoms with Crippen LogP contribution in [-0.4, -0.2) is 37.2 Å². The predicted molar refractivity (Wildman–Crippen MR) is 99.1 cm³/mol. The summed E-state index contributed by atoms with van der Waals surface area (Å²) in [7, 11) is 0. The maximum Gasteiger partial charge on any atom is 0.326 e. The summed E-state index contributed by atoms with van der Waals surface area (Å²) in [5, 5.41) is 20.1. The van der Waals surface area contributed by atoms with Crippen LogP contribution in [0.15, 0.2) is 29.2 Å². The molecule has 1 saturated heterocycles. The molecule has 1 fully saturated rings. The van der Waals surface area contributed by atoms with Gasteiger partial charge in [0.1, 0.15) is 10.4 Å². The second kappa shape index (κ2) is 8.21. The molecule has 1 aromatic rings. The molecule has 7 nitrogen and oxygen atoms in total. The van der Waals surface area contributed by atoms with Crippen LogP contribution in [0.3, 0.4) is 0 Å². The molecule has 1 aliphatic heterocycles. The highest BCUT2D eigenvalue weighted by Crippen LogP contribution is 2.35. The summed E-state index contributed by atoms with van der Waals surface area (Å²) in [5.41, 5.74) is 0.557. The number of unbranched alkanes of at least 4 members (excludes halogenated alkanes) is 1. The number of non-ortho nitro benzene ring substituents is 1. The Morgan fingerprint density at radius 3 is 2.60 bits per heavy atom. The highest BCUT2D eigenvalue weighted by molar-refractivity contribution is 8.26. The number of hydrogen-bond donors (Lipinski definition) is 1. The lowest BCUT2D eigenvalue weighted by Gasteiger charge is -2.22. The number of amides is 1. The van der Waals surface area contributed by atoms with Crippen LogP contribution >= 0.6 is 24.0 Å². The van der Waals surface area contributed by atoms with E-state index in [-0.39, 0.29) is 10.0 Å². The predicted octanol–water partition coefficient (Wildman–Crippen LogP) is 3.44. The maximum absolute atomic E-state index is 12.6. The lowest BCUT2D eigenvalue weighted by molar-refractivity contribution is -0.384. The highest BCUT2D eigenvalue weighted by atomic mass is 32.2. The molecule has 1 atom stereocenters. The van der Waals surface area contributed by atoms with Gasteiger partial charge in [-0.1, -0.05) is 43.7 Å². The van der Waals surface area contributed by atoms with Crippen molar-refractivity contribution < 1.29 is 19.6 Å². The van der Waals surface area contributed by atoms with Crippen molar-refractivity contribution in [2.45, 2.75) is 32.2 Å². The highest BCUT2D eigenvalue weighted by Gasteiger charge is 2.40. The van der Waals surface area contributed by atoms with E-state index in [0.29, 0.717) is 23.3 Å². The Morgan fingerprint density at radius 1 is 1.44 bits per heavy atom. The van der Waals surface area contributed by atoms with Crippen molar-refractivity contribution in [2.75, 3.05) is 0 Å². The first-order valence-corrected chi connectivity index (χ1v) is 8.82. The van der Waals surface area contributed by atoms with E-state index < -0.39 is 22.8 Å². The Labute approximate surface area is 153 Å². The summed E-state index contributed by atoms with van der Waals surface area (Å²) in [6.45, 7) is 1.94. The molecule has 0 saturated carbocycles. The van der Waals surface area contributed by atoms with Gasteiger partial charge in [0.25, 0.3) is 11.6 Å². The fraction of sp³-hybridized carbons (Fsp3) is 0.312. The molecule has 1 heterocycles. The summed E-state index contributed by atoms with van der Waals surface area (Å²) in [6.07, 6.45) is 3.39. The van der Waals surface area contributed by atoms with Crippen LogP contribution in [0.25, 0.3) is 6.08 Å². The number of thioether (sulfide) groups is 1. The third-order valence-corrected chi connectivity index (χ3v) is 4.98. The summed E-state index contributed by atoms with van der Waals surface area (Å²) in [4.78, 5) is 35.7. The van der Waals surface area contributed by atoms with Crippen LogP contribution in [0, 0.1) is 10.1 Å². The van der Waals surface area contributed by atoms with Gasteiger partial charge in [0.2, 0.25) is 0 Å². The number of carboxylic acid groups (broad SMARTS) is 1. The minimum absolute atomic E-state index is 0.0461. The van der Waals surface area contributed by atoms with Gasteiger partial charge in [-0.3, -0.25) is 19.8 Å². The van der Waals surface area contributed by atoms with Crippen molar-refractivity contribution in [1.82, 2.24) is 4.90 Å². The second-order valence-electron chi connectivity index (χ2n) is 5.40. The standard InChI is InChI=1S/C16H16N2O5S2/c1-2-3-4-12(15(20)21)17-14(19)13(25-16(17)24)9-10-5-7-11(8-6-10)18(22)23/h5-9,12H,2-4H2,1H3,(H,20,21)/b13-9-/t12-/m1/s1. The molecule has 0 spiro atoms. The molecule has 9 heteroatoms. The first-order valence-electron chi connectivity index (χ1n) is 7.59. The Kier molecular flexibility index (Phi) is 6.27. The van der Waals surface area contributed by atoms with Crippen molar-refractivity contribution in [3.63, 3.8) is 0 Å². The topological polar surface area (TPSA) is 101 Å². The number of carbonyl (C=O) groups excluding carboxylic acids is 1. The van der Waals surface area contributed by atoms with E-state index >= 15 is 0 Å². The molecule has 1 aromatic carbocycles. The Morgan fingerprint density at radius 2 is 2.08 bits per heavy atom. The lowest BCUT2D eigenvalue weighted by Crippen LogP contribution is -2.43. The minimum Gasteiger partial charge on any atom is -0.480 e. The molecule has 132 valence electrons. The second-order valence-corrected chi connectivity index (χ2v) is 7.07. The SMILES string of the molecule is CCCC[C@H](C(=O)O)N1C(=O)/C(=C/c2ccc([N+](=O)[O-])cc2)SC1=S. The maximum atomic E-state index is 12.6. The molecule has 2 rings (SSSR count). The van der Waals surface area contributed by atoms with Gasteiger partial charge in [-0.25, -0.2) is 4.79 Å². The van der Waals surface area contributed by atoms with Gasteiger partial charge in [0.05, 0.1) is 9.83 Å². The van der Waals surface area contributed by atoms with Crippen LogP contribution in [0.2, 0.25) is 0 Å². The number of rotatable bonds is 7. The van der Waals surface area contributed by atoms with Gasteiger partial charge in [0.15, 0.2) is 0 Å². The van der Waals surface area contributed by atoms with Crippen molar-refractivity contribution in [3.8, 4) is 0 Å². The molecule has 0 aromatic heterocycles. The lowest BCUT2D eigenvalue weighted by atomic mass is 10.1. The first-order chi connectivity index (χ1) is 11.8. The summed E-state index contributed by atoms with van der Waals surface area (Å²) < 4.78 is 0.210. The van der Waals surface area contributed by atoms with Gasteiger partial charge in [-0.2, -0.15) is 0 Å². The van der Waals surface area contributed by atoms with E-state index in [4.69, 9.17) is 12.2 Å². The van der Waals surface area contributed by atoms with Crippen LogP contribution in [0.4, 0.5) is 5.69 Å². The number of carbonyl (C=O) groups is 2. The van der Waals surface area contributed by atoms with Crippen molar-refractivity contribution >= 4 is 51.9 Å². The van der Waals surface area contributed by atoms with Crippen LogP contribution in [0.1, 0.15) is 31.7 Å². The van der Waals surface area contributed by atoms with Crippen molar-refractivity contribution in [3.05, 3.63) is 44.8 Å². The van der Waals surface area contributed by atoms with E-state index in [2.05, 4.69) is 0 Å². The van der Waals surface area contributed by atoms with Crippen LogP contribution in [-0.2, 0) is 9.59 Å². The van der Waals surface area contributed by atoms with E-state index in [1.54, 1.807) is 6.08 Å². The average molecular weight is 380 g/mol. The van der Waals surface area contributed by atoms with E-state index in [1.165, 1.54) is 24.3 Å². The summed E-state index contributed by atoms with van der Waals surface area (Å²) >= 11 is 6.22. The zero-order valence-corrected chi connectivity index (χ0v) is 15.0. The van der Waals surface area contributed by atoms with E-state index in [1.807, 2.05) is 6.92 Å². The number of nitro groups is 1. The van der Waals surface area contributed by atoms with Crippen LogP contribution in [0.5, 0.6) is 0 Å². The zero-order chi connectivity index (χ0) is 18.6. The number of thiocarbonyl (C=S) groups is 1. The molecular weight excluding hydrogens is 364 g/mol. The smallest absolute Gasteiger partial charge is 0.326 e. The Hall–Kier alpha value is -2.26. The average Bonchev–Trinajstić information content (AvgIpc) is 2.83. The van der Waals surface area contributed by atoms with Gasteiger partial charge in [-0.15, -0.1) is 0 Å². The molecule has 0 radical (unpaired) electrons. The fourth-order valence-corrected chi connectivity index (χ4v) is 3.71. The van der Waals surface area contributed by atoms with Crippen LogP contribution < -0.4 is 0 Å². The first kappa shape index (κ1) is 19.1. The fourth-order valence-electron chi connectivity index (χ4n) is 2.35. The number of hydrogen-bond acceptors (Lipinski definition) is 6. The molecule has 0 unspecified atom stereocenters.